The van der Waals surface area contributed by atoms with Crippen LogP contribution in [0, 0.1) is 6.92 Å². The molecule has 0 spiro atoms. The van der Waals surface area contributed by atoms with Gasteiger partial charge in [-0.3, -0.25) is 9.59 Å². The fraction of sp³-hybridized carbons (Fsp3) is 0.500. The van der Waals surface area contributed by atoms with E-state index >= 15 is 0 Å². The third-order valence-corrected chi connectivity index (χ3v) is 6.32. The first-order valence-electron chi connectivity index (χ1n) is 7.63. The van der Waals surface area contributed by atoms with Crippen molar-refractivity contribution in [2.45, 2.75) is 25.1 Å². The third-order valence-electron chi connectivity index (χ3n) is 3.57. The van der Waals surface area contributed by atoms with Crippen LogP contribution in [0.5, 0.6) is 0 Å². The first-order valence-corrected chi connectivity index (χ1v) is 10.6. The fourth-order valence-electron chi connectivity index (χ4n) is 2.30. The molecule has 24 heavy (non-hydrogen) atoms. The van der Waals surface area contributed by atoms with E-state index in [0.717, 1.165) is 5.56 Å². The molecule has 1 saturated heterocycles. The summed E-state index contributed by atoms with van der Waals surface area (Å²) in [7, 11) is -3.04. The minimum atomic E-state index is -3.04. The molecule has 0 radical (unpaired) electrons. The standard InChI is InChI=1S/C16H21NO5S2/c1-12-2-4-13(5-3-12)9-23-10-16(19)22-8-15(18)17-14-6-7-24(20,21)11-14/h2-5,14H,6-11H2,1H3,(H,17,18)/t14-/m0/s1. The number of esters is 1. The second-order valence-electron chi connectivity index (χ2n) is 5.81. The molecule has 1 heterocycles. The molecular formula is C16H21NO5S2. The van der Waals surface area contributed by atoms with Crippen molar-refractivity contribution in [3.05, 3.63) is 35.4 Å². The Bertz CT molecular complexity index is 685. The van der Waals surface area contributed by atoms with Crippen LogP contribution in [0.3, 0.4) is 0 Å². The Morgan fingerprint density at radius 2 is 2.00 bits per heavy atom. The van der Waals surface area contributed by atoms with Crippen LogP contribution in [0.4, 0.5) is 0 Å². The van der Waals surface area contributed by atoms with Crippen LogP contribution >= 0.6 is 11.8 Å². The van der Waals surface area contributed by atoms with E-state index < -0.39 is 21.7 Å². The molecule has 0 bridgehead atoms. The number of benzene rings is 1. The number of nitrogens with one attached hydrogen (secondary N) is 1. The molecule has 1 aromatic rings. The van der Waals surface area contributed by atoms with Crippen molar-refractivity contribution >= 4 is 33.5 Å². The molecule has 2 rings (SSSR count). The molecule has 0 unspecified atom stereocenters. The van der Waals surface area contributed by atoms with Gasteiger partial charge >= 0.3 is 5.97 Å². The van der Waals surface area contributed by atoms with Crippen molar-refractivity contribution in [3.63, 3.8) is 0 Å². The molecule has 0 saturated carbocycles. The minimum absolute atomic E-state index is 0.0426. The van der Waals surface area contributed by atoms with E-state index in [9.17, 15) is 18.0 Å². The summed E-state index contributed by atoms with van der Waals surface area (Å²) in [6.07, 6.45) is 0.411. The number of thioether (sulfide) groups is 1. The van der Waals surface area contributed by atoms with E-state index in [0.29, 0.717) is 12.2 Å². The SMILES string of the molecule is Cc1ccc(CSCC(=O)OCC(=O)N[C@H]2CCS(=O)(=O)C2)cc1. The quantitative estimate of drug-likeness (QED) is 0.721. The Morgan fingerprint density at radius 3 is 2.62 bits per heavy atom. The molecule has 132 valence electrons. The van der Waals surface area contributed by atoms with Crippen LogP contribution in [0.15, 0.2) is 24.3 Å². The van der Waals surface area contributed by atoms with Crippen molar-refractivity contribution in [3.8, 4) is 0 Å². The van der Waals surface area contributed by atoms with E-state index in [4.69, 9.17) is 4.74 Å². The summed E-state index contributed by atoms with van der Waals surface area (Å²) in [4.78, 5) is 23.3. The van der Waals surface area contributed by atoms with Crippen molar-refractivity contribution in [1.29, 1.82) is 0 Å². The Balaban J connectivity index is 1.60. The number of ether oxygens (including phenoxy) is 1. The van der Waals surface area contributed by atoms with Crippen LogP contribution in [0.25, 0.3) is 0 Å². The minimum Gasteiger partial charge on any atom is -0.455 e. The molecule has 1 aliphatic rings. The lowest BCUT2D eigenvalue weighted by Crippen LogP contribution is -2.38. The summed E-state index contributed by atoms with van der Waals surface area (Å²) in [6.45, 7) is 1.64. The maximum atomic E-state index is 11.7. The average molecular weight is 371 g/mol. The Hall–Kier alpha value is -1.54. The highest BCUT2D eigenvalue weighted by atomic mass is 32.2. The van der Waals surface area contributed by atoms with Gasteiger partial charge in [0, 0.05) is 11.8 Å². The van der Waals surface area contributed by atoms with Gasteiger partial charge in [-0.1, -0.05) is 29.8 Å². The van der Waals surface area contributed by atoms with Gasteiger partial charge in [0.15, 0.2) is 16.4 Å². The summed E-state index contributed by atoms with van der Waals surface area (Å²) in [5, 5.41) is 2.57. The summed E-state index contributed by atoms with van der Waals surface area (Å²) in [5.74, 6) is -0.0114. The van der Waals surface area contributed by atoms with Gasteiger partial charge < -0.3 is 10.1 Å². The Morgan fingerprint density at radius 1 is 1.29 bits per heavy atom. The predicted octanol–water partition coefficient (Wildman–Crippen LogP) is 1.07. The third kappa shape index (κ3) is 6.52. The van der Waals surface area contributed by atoms with Gasteiger partial charge in [0.05, 0.1) is 17.3 Å². The molecule has 1 N–H and O–H groups in total. The highest BCUT2D eigenvalue weighted by Crippen LogP contribution is 2.13. The van der Waals surface area contributed by atoms with Crippen LogP contribution in [0.1, 0.15) is 17.5 Å². The molecule has 1 amide bonds. The summed E-state index contributed by atoms with van der Waals surface area (Å²) >= 11 is 1.42. The van der Waals surface area contributed by atoms with E-state index in [1.165, 1.54) is 17.3 Å². The maximum Gasteiger partial charge on any atom is 0.316 e. The Labute approximate surface area is 146 Å². The molecule has 1 fully saturated rings. The molecule has 6 nitrogen and oxygen atoms in total. The number of rotatable bonds is 7. The lowest BCUT2D eigenvalue weighted by atomic mass is 10.2. The Kier molecular flexibility index (Phi) is 6.68. The second-order valence-corrected chi connectivity index (χ2v) is 9.02. The first kappa shape index (κ1) is 18.8. The molecule has 0 aromatic heterocycles. The first-order chi connectivity index (χ1) is 11.3. The molecule has 8 heteroatoms. The van der Waals surface area contributed by atoms with Crippen LogP contribution in [-0.4, -0.2) is 50.2 Å². The van der Waals surface area contributed by atoms with Gasteiger partial charge in [-0.15, -0.1) is 11.8 Å². The zero-order valence-corrected chi connectivity index (χ0v) is 15.1. The number of aryl methyl sites for hydroxylation is 1. The maximum absolute atomic E-state index is 11.7. The normalized spacial score (nSPS) is 19.0. The lowest BCUT2D eigenvalue weighted by molar-refractivity contribution is -0.146. The molecular weight excluding hydrogens is 350 g/mol. The lowest BCUT2D eigenvalue weighted by Gasteiger charge is -2.11. The number of hydrogen-bond donors (Lipinski definition) is 1. The summed E-state index contributed by atoms with van der Waals surface area (Å²) in [6, 6.07) is 7.67. The van der Waals surface area contributed by atoms with Crippen molar-refractivity contribution < 1.29 is 22.7 Å². The van der Waals surface area contributed by atoms with Gasteiger partial charge in [-0.2, -0.15) is 0 Å². The topological polar surface area (TPSA) is 89.5 Å². The number of hydrogen-bond acceptors (Lipinski definition) is 6. The van der Waals surface area contributed by atoms with Crippen LogP contribution < -0.4 is 5.32 Å². The molecule has 1 atom stereocenters. The molecule has 0 aliphatic carbocycles. The van der Waals surface area contributed by atoms with Crippen molar-refractivity contribution in [1.82, 2.24) is 5.32 Å². The summed E-state index contributed by atoms with van der Waals surface area (Å²) < 4.78 is 27.5. The number of carbonyl (C=O) groups is 2. The number of sulfone groups is 1. The number of carbonyl (C=O) groups excluding carboxylic acids is 2. The zero-order chi connectivity index (χ0) is 17.6. The molecule has 1 aliphatic heterocycles. The van der Waals surface area contributed by atoms with E-state index in [1.54, 1.807) is 0 Å². The van der Waals surface area contributed by atoms with Crippen molar-refractivity contribution in [2.75, 3.05) is 23.9 Å². The van der Waals surface area contributed by atoms with Crippen molar-refractivity contribution in [2.24, 2.45) is 0 Å². The van der Waals surface area contributed by atoms with Crippen LogP contribution in [-0.2, 0) is 29.9 Å². The highest BCUT2D eigenvalue weighted by Gasteiger charge is 2.28. The zero-order valence-electron chi connectivity index (χ0n) is 13.5. The predicted molar refractivity (Wildman–Crippen MR) is 93.5 cm³/mol. The van der Waals surface area contributed by atoms with E-state index in [1.807, 2.05) is 31.2 Å². The fourth-order valence-corrected chi connectivity index (χ4v) is 4.76. The van der Waals surface area contributed by atoms with Gasteiger partial charge in [0.25, 0.3) is 5.91 Å². The van der Waals surface area contributed by atoms with Gasteiger partial charge in [-0.05, 0) is 18.9 Å². The number of amides is 1. The van der Waals surface area contributed by atoms with Crippen LogP contribution in [0.2, 0.25) is 0 Å². The monoisotopic (exact) mass is 371 g/mol. The van der Waals surface area contributed by atoms with Gasteiger partial charge in [-0.25, -0.2) is 8.42 Å². The summed E-state index contributed by atoms with van der Waals surface area (Å²) in [5.41, 5.74) is 2.31. The molecule has 1 aromatic carbocycles. The smallest absolute Gasteiger partial charge is 0.316 e. The largest absolute Gasteiger partial charge is 0.455 e. The van der Waals surface area contributed by atoms with E-state index in [-0.39, 0.29) is 29.9 Å². The van der Waals surface area contributed by atoms with Gasteiger partial charge in [0.2, 0.25) is 0 Å². The van der Waals surface area contributed by atoms with Gasteiger partial charge in [0.1, 0.15) is 0 Å². The average Bonchev–Trinajstić information content (AvgIpc) is 2.86. The van der Waals surface area contributed by atoms with E-state index in [2.05, 4.69) is 5.32 Å². The highest BCUT2D eigenvalue weighted by molar-refractivity contribution is 7.99. The second kappa shape index (κ2) is 8.53.